The Kier molecular flexibility index (Phi) is 13.0. The molecule has 6 nitrogen and oxygen atoms in total. The minimum absolute atomic E-state index is 0.464. The van der Waals surface area contributed by atoms with Gasteiger partial charge in [0.2, 0.25) is 0 Å². The van der Waals surface area contributed by atoms with Crippen LogP contribution < -0.4 is 10.6 Å². The topological polar surface area (TPSA) is 37.0 Å². The van der Waals surface area contributed by atoms with Gasteiger partial charge in [0.05, 0.1) is 12.3 Å². The molecule has 0 spiro atoms. The van der Waals surface area contributed by atoms with Crippen LogP contribution in [0.15, 0.2) is 0 Å². The minimum atomic E-state index is 0.464. The maximum atomic E-state index is 3.57. The van der Waals surface area contributed by atoms with Gasteiger partial charge in [-0.2, -0.15) is 0 Å². The van der Waals surface area contributed by atoms with Crippen molar-refractivity contribution < 1.29 is 0 Å². The average Bonchev–Trinajstić information content (AvgIpc) is 2.42. The van der Waals surface area contributed by atoms with Gasteiger partial charge in [-0.05, 0) is 82.3 Å². The Labute approximate surface area is 145 Å². The van der Waals surface area contributed by atoms with E-state index < -0.39 is 0 Å². The molecular formula is C17H42N6. The second-order valence-corrected chi connectivity index (χ2v) is 7.28. The van der Waals surface area contributed by atoms with Crippen LogP contribution in [-0.4, -0.2) is 114 Å². The predicted molar refractivity (Wildman–Crippen MR) is 102 cm³/mol. The fourth-order valence-electron chi connectivity index (χ4n) is 2.79. The van der Waals surface area contributed by atoms with E-state index in [1.165, 1.54) is 19.3 Å². The first-order valence-electron chi connectivity index (χ1n) is 8.84. The second kappa shape index (κ2) is 13.1. The van der Waals surface area contributed by atoms with Crippen molar-refractivity contribution in [3.63, 3.8) is 0 Å². The van der Waals surface area contributed by atoms with Gasteiger partial charge < -0.3 is 10.6 Å². The lowest BCUT2D eigenvalue weighted by Gasteiger charge is -2.30. The summed E-state index contributed by atoms with van der Waals surface area (Å²) in [5.41, 5.74) is 0. The quantitative estimate of drug-likeness (QED) is 0.351. The van der Waals surface area contributed by atoms with Crippen molar-refractivity contribution in [2.45, 2.75) is 31.6 Å². The highest BCUT2D eigenvalue weighted by molar-refractivity contribution is 4.67. The van der Waals surface area contributed by atoms with Crippen molar-refractivity contribution in [1.29, 1.82) is 0 Å². The van der Waals surface area contributed by atoms with Crippen LogP contribution in [-0.2, 0) is 0 Å². The normalized spacial score (nSPS) is 12.8. The first kappa shape index (κ1) is 22.8. The van der Waals surface area contributed by atoms with E-state index in [1.54, 1.807) is 0 Å². The van der Waals surface area contributed by atoms with Gasteiger partial charge in [-0.3, -0.25) is 19.6 Å². The Balaban J connectivity index is 3.56. The van der Waals surface area contributed by atoms with Crippen LogP contribution in [0.4, 0.5) is 0 Å². The lowest BCUT2D eigenvalue weighted by atomic mass is 10.2. The summed E-state index contributed by atoms with van der Waals surface area (Å²) in [5.74, 6) is 0. The highest BCUT2D eigenvalue weighted by atomic mass is 15.3. The largest absolute Gasteiger partial charge is 0.314 e. The molecule has 0 aliphatic heterocycles. The number of hydrogen-bond acceptors (Lipinski definition) is 6. The summed E-state index contributed by atoms with van der Waals surface area (Å²) in [5, 5.41) is 7.14. The van der Waals surface area contributed by atoms with Crippen molar-refractivity contribution in [2.75, 3.05) is 82.6 Å². The van der Waals surface area contributed by atoms with E-state index >= 15 is 0 Å². The molecule has 0 aromatic rings. The van der Waals surface area contributed by atoms with Gasteiger partial charge in [0.25, 0.3) is 0 Å². The molecule has 0 aliphatic carbocycles. The number of rotatable bonds is 14. The molecule has 0 atom stereocenters. The molecule has 0 aromatic heterocycles. The van der Waals surface area contributed by atoms with E-state index in [4.69, 9.17) is 0 Å². The fourth-order valence-corrected chi connectivity index (χ4v) is 2.79. The molecule has 0 aromatic carbocycles. The van der Waals surface area contributed by atoms with E-state index in [2.05, 4.69) is 86.6 Å². The highest BCUT2D eigenvalue weighted by Crippen LogP contribution is 1.98. The Morgan fingerprint density at radius 3 is 1.09 bits per heavy atom. The van der Waals surface area contributed by atoms with Gasteiger partial charge in [0.1, 0.15) is 0 Å². The molecule has 0 heterocycles. The SMILES string of the molecule is CN(C)C(CNCCCCCNCC(N(C)C)N(C)C)N(C)C. The maximum absolute atomic E-state index is 3.57. The van der Waals surface area contributed by atoms with Gasteiger partial charge in [-0.15, -0.1) is 0 Å². The molecule has 0 amide bonds. The van der Waals surface area contributed by atoms with Crippen LogP contribution in [0.3, 0.4) is 0 Å². The molecule has 6 heteroatoms. The van der Waals surface area contributed by atoms with Crippen molar-refractivity contribution in [3.05, 3.63) is 0 Å². The van der Waals surface area contributed by atoms with Gasteiger partial charge >= 0.3 is 0 Å². The van der Waals surface area contributed by atoms with Crippen LogP contribution in [0.25, 0.3) is 0 Å². The maximum Gasteiger partial charge on any atom is 0.0741 e. The van der Waals surface area contributed by atoms with Crippen molar-refractivity contribution in [1.82, 2.24) is 30.2 Å². The van der Waals surface area contributed by atoms with Crippen molar-refractivity contribution in [2.24, 2.45) is 0 Å². The molecule has 0 bridgehead atoms. The third kappa shape index (κ3) is 11.0. The standard InChI is InChI=1S/C17H42N6/c1-20(2)16(21(3)4)14-18-12-10-9-11-13-19-15-17(22(5)6)23(7)8/h16-19H,9-15H2,1-8H3. The fraction of sp³-hybridized carbons (Fsp3) is 1.00. The number of nitrogens with zero attached hydrogens (tertiary/aromatic N) is 4. The van der Waals surface area contributed by atoms with Crippen LogP contribution in [0.2, 0.25) is 0 Å². The second-order valence-electron chi connectivity index (χ2n) is 7.28. The van der Waals surface area contributed by atoms with E-state index in [9.17, 15) is 0 Å². The van der Waals surface area contributed by atoms with Crippen LogP contribution in [0.1, 0.15) is 19.3 Å². The molecule has 23 heavy (non-hydrogen) atoms. The summed E-state index contributed by atoms with van der Waals surface area (Å²) >= 11 is 0. The van der Waals surface area contributed by atoms with E-state index in [0.29, 0.717) is 12.3 Å². The number of hydrogen-bond donors (Lipinski definition) is 2. The van der Waals surface area contributed by atoms with Gasteiger partial charge in [0, 0.05) is 13.1 Å². The van der Waals surface area contributed by atoms with E-state index in [-0.39, 0.29) is 0 Å². The average molecular weight is 331 g/mol. The summed E-state index contributed by atoms with van der Waals surface area (Å²) in [4.78, 5) is 9.01. The third-order valence-corrected chi connectivity index (χ3v) is 4.25. The van der Waals surface area contributed by atoms with Crippen LogP contribution in [0.5, 0.6) is 0 Å². The van der Waals surface area contributed by atoms with E-state index in [0.717, 1.165) is 26.2 Å². The summed E-state index contributed by atoms with van der Waals surface area (Å²) in [7, 11) is 17.1. The molecule has 0 aliphatic rings. The Bertz CT molecular complexity index is 226. The lowest BCUT2D eigenvalue weighted by Crippen LogP contribution is -2.47. The van der Waals surface area contributed by atoms with Gasteiger partial charge in [-0.1, -0.05) is 6.42 Å². The molecule has 140 valence electrons. The zero-order chi connectivity index (χ0) is 17.8. The first-order valence-corrected chi connectivity index (χ1v) is 8.84. The lowest BCUT2D eigenvalue weighted by molar-refractivity contribution is 0.127. The Hall–Kier alpha value is -0.240. The number of likely N-dealkylation sites (N-methyl/N-ethyl adjacent to an activating group) is 4. The van der Waals surface area contributed by atoms with E-state index in [1.807, 2.05) is 0 Å². The molecule has 0 rings (SSSR count). The van der Waals surface area contributed by atoms with Crippen molar-refractivity contribution >= 4 is 0 Å². The van der Waals surface area contributed by atoms with Crippen molar-refractivity contribution in [3.8, 4) is 0 Å². The number of unbranched alkanes of at least 4 members (excludes halogenated alkanes) is 2. The Morgan fingerprint density at radius 2 is 0.826 bits per heavy atom. The van der Waals surface area contributed by atoms with Gasteiger partial charge in [0.15, 0.2) is 0 Å². The molecule has 0 saturated heterocycles. The molecular weight excluding hydrogens is 288 g/mol. The number of nitrogens with one attached hydrogen (secondary N) is 2. The summed E-state index contributed by atoms with van der Waals surface area (Å²) in [6.45, 7) is 4.25. The molecule has 0 radical (unpaired) electrons. The highest BCUT2D eigenvalue weighted by Gasteiger charge is 2.13. The molecule has 0 fully saturated rings. The molecule has 2 N–H and O–H groups in total. The zero-order valence-electron chi connectivity index (χ0n) is 16.9. The third-order valence-electron chi connectivity index (χ3n) is 4.25. The Morgan fingerprint density at radius 1 is 0.522 bits per heavy atom. The predicted octanol–water partition coefficient (Wildman–Crippen LogP) is 0.235. The summed E-state index contributed by atoms with van der Waals surface area (Å²) in [6.07, 6.45) is 4.71. The van der Waals surface area contributed by atoms with Crippen LogP contribution >= 0.6 is 0 Å². The molecule has 0 unspecified atom stereocenters. The summed E-state index contributed by atoms with van der Waals surface area (Å²) < 4.78 is 0. The minimum Gasteiger partial charge on any atom is -0.314 e. The summed E-state index contributed by atoms with van der Waals surface area (Å²) in [6, 6.07) is 0. The first-order chi connectivity index (χ1) is 10.8. The van der Waals surface area contributed by atoms with Crippen LogP contribution in [0, 0.1) is 0 Å². The molecule has 0 saturated carbocycles. The smallest absolute Gasteiger partial charge is 0.0741 e. The zero-order valence-corrected chi connectivity index (χ0v) is 16.9. The van der Waals surface area contributed by atoms with Gasteiger partial charge in [-0.25, -0.2) is 0 Å². The monoisotopic (exact) mass is 330 g/mol.